The minimum absolute atomic E-state index is 0.0211. The molecule has 1 aliphatic rings. The van der Waals surface area contributed by atoms with Crippen LogP contribution in [-0.4, -0.2) is 27.6 Å². The van der Waals surface area contributed by atoms with Crippen LogP contribution < -0.4 is 5.32 Å². The Labute approximate surface area is 178 Å². The molecule has 1 heterocycles. The summed E-state index contributed by atoms with van der Waals surface area (Å²) in [6, 6.07) is 8.06. The van der Waals surface area contributed by atoms with Gasteiger partial charge in [-0.2, -0.15) is 0 Å². The van der Waals surface area contributed by atoms with E-state index in [2.05, 4.69) is 10.3 Å². The number of hydrogen-bond acceptors (Lipinski definition) is 2. The lowest BCUT2D eigenvalue weighted by molar-refractivity contribution is -0.126. The number of hydrogen-bond donors (Lipinski definition) is 3. The molecule has 2 aromatic carbocycles. The fraction of sp³-hybridized carbons (Fsp3) is 0.375. The summed E-state index contributed by atoms with van der Waals surface area (Å²) in [6.07, 6.45) is 2.09. The fourth-order valence-electron chi connectivity index (χ4n) is 4.33. The van der Waals surface area contributed by atoms with Crippen molar-refractivity contribution < 1.29 is 23.1 Å². The summed E-state index contributed by atoms with van der Waals surface area (Å²) < 4.78 is 41.7. The molecule has 0 saturated heterocycles. The molecule has 0 spiro atoms. The number of rotatable bonds is 6. The van der Waals surface area contributed by atoms with Gasteiger partial charge in [-0.1, -0.05) is 0 Å². The monoisotopic (exact) mass is 430 g/mol. The van der Waals surface area contributed by atoms with E-state index in [1.54, 1.807) is 26.0 Å². The number of benzene rings is 2. The highest BCUT2D eigenvalue weighted by molar-refractivity contribution is 5.91. The summed E-state index contributed by atoms with van der Waals surface area (Å²) in [5.41, 5.74) is 1.29. The fourth-order valence-corrected chi connectivity index (χ4v) is 4.33. The summed E-state index contributed by atoms with van der Waals surface area (Å²) in [6.45, 7) is 3.17. The number of nitrogens with one attached hydrogen (secondary N) is 2. The third kappa shape index (κ3) is 4.77. The summed E-state index contributed by atoms with van der Waals surface area (Å²) in [4.78, 5) is 15.1. The lowest BCUT2D eigenvalue weighted by Gasteiger charge is -2.36. The van der Waals surface area contributed by atoms with E-state index >= 15 is 0 Å². The van der Waals surface area contributed by atoms with Crippen LogP contribution in [0.4, 0.5) is 13.2 Å². The van der Waals surface area contributed by atoms with Crippen LogP contribution in [0.5, 0.6) is 0 Å². The summed E-state index contributed by atoms with van der Waals surface area (Å²) >= 11 is 0. The molecule has 0 radical (unpaired) electrons. The van der Waals surface area contributed by atoms with Crippen molar-refractivity contribution in [1.29, 1.82) is 0 Å². The number of aromatic nitrogens is 1. The summed E-state index contributed by atoms with van der Waals surface area (Å²) in [5, 5.41) is 13.2. The molecular weight excluding hydrogens is 405 g/mol. The number of carbonyl (C=O) groups excluding carboxylic acids is 1. The van der Waals surface area contributed by atoms with E-state index in [9.17, 15) is 23.1 Å². The summed E-state index contributed by atoms with van der Waals surface area (Å²) in [7, 11) is 0. The number of aliphatic hydroxyl groups is 1. The average molecular weight is 430 g/mol. The highest BCUT2D eigenvalue weighted by Crippen LogP contribution is 2.38. The van der Waals surface area contributed by atoms with Crippen LogP contribution >= 0.6 is 0 Å². The molecule has 164 valence electrons. The highest BCUT2D eigenvalue weighted by Gasteiger charge is 2.33. The third-order valence-corrected chi connectivity index (χ3v) is 5.75. The largest absolute Gasteiger partial charge is 0.390 e. The highest BCUT2D eigenvalue weighted by atomic mass is 19.1. The smallest absolute Gasteiger partial charge is 0.223 e. The lowest BCUT2D eigenvalue weighted by Crippen LogP contribution is -2.46. The van der Waals surface area contributed by atoms with Gasteiger partial charge in [0.05, 0.1) is 17.5 Å². The van der Waals surface area contributed by atoms with Crippen LogP contribution in [0.2, 0.25) is 0 Å². The van der Waals surface area contributed by atoms with E-state index < -0.39 is 17.2 Å². The molecule has 1 saturated carbocycles. The molecule has 3 aromatic rings. The molecule has 1 amide bonds. The van der Waals surface area contributed by atoms with Gasteiger partial charge in [-0.05, 0) is 80.5 Å². The van der Waals surface area contributed by atoms with E-state index in [0.29, 0.717) is 23.1 Å². The van der Waals surface area contributed by atoms with Gasteiger partial charge in [0.2, 0.25) is 5.91 Å². The normalized spacial score (nSPS) is 18.8. The van der Waals surface area contributed by atoms with E-state index in [4.69, 9.17) is 0 Å². The van der Waals surface area contributed by atoms with Crippen molar-refractivity contribution in [3.8, 4) is 11.3 Å². The number of amides is 1. The first kappa shape index (κ1) is 21.4. The SMILES string of the molecule is CC(C)(O)CC(=O)NC1CC(Cc2c(-c3ccc(F)cc3)[nH]c3c(F)cc(F)cc23)C1. The minimum Gasteiger partial charge on any atom is -0.390 e. The Hall–Kier alpha value is -2.80. The van der Waals surface area contributed by atoms with E-state index in [1.807, 2.05) is 0 Å². The molecule has 1 aromatic heterocycles. The van der Waals surface area contributed by atoms with Crippen LogP contribution in [0.25, 0.3) is 22.2 Å². The van der Waals surface area contributed by atoms with E-state index in [-0.39, 0.29) is 35.6 Å². The topological polar surface area (TPSA) is 65.1 Å². The predicted molar refractivity (Wildman–Crippen MR) is 113 cm³/mol. The Morgan fingerprint density at radius 2 is 1.81 bits per heavy atom. The van der Waals surface area contributed by atoms with Crippen LogP contribution in [0.3, 0.4) is 0 Å². The Balaban J connectivity index is 1.55. The molecule has 7 heteroatoms. The molecule has 1 aliphatic carbocycles. The Morgan fingerprint density at radius 3 is 2.45 bits per heavy atom. The number of halogens is 3. The first-order valence-corrected chi connectivity index (χ1v) is 10.4. The van der Waals surface area contributed by atoms with Crippen molar-refractivity contribution in [2.75, 3.05) is 0 Å². The van der Waals surface area contributed by atoms with Gasteiger partial charge >= 0.3 is 0 Å². The lowest BCUT2D eigenvalue weighted by atomic mass is 9.76. The molecule has 3 N–H and O–H groups in total. The zero-order valence-electron chi connectivity index (χ0n) is 17.4. The van der Waals surface area contributed by atoms with Gasteiger partial charge in [0.25, 0.3) is 0 Å². The van der Waals surface area contributed by atoms with Gasteiger partial charge < -0.3 is 15.4 Å². The molecular formula is C24H25F3N2O2. The molecule has 31 heavy (non-hydrogen) atoms. The average Bonchev–Trinajstić information content (AvgIpc) is 2.98. The molecule has 4 rings (SSSR count). The van der Waals surface area contributed by atoms with Crippen molar-refractivity contribution in [2.45, 2.75) is 51.2 Å². The maximum atomic E-state index is 14.4. The number of H-pyrrole nitrogens is 1. The minimum atomic E-state index is -1.06. The van der Waals surface area contributed by atoms with Gasteiger partial charge in [-0.3, -0.25) is 4.79 Å². The van der Waals surface area contributed by atoms with Gasteiger partial charge in [0.1, 0.15) is 17.5 Å². The van der Waals surface area contributed by atoms with Crippen molar-refractivity contribution in [2.24, 2.45) is 5.92 Å². The molecule has 0 unspecified atom stereocenters. The number of carbonyl (C=O) groups is 1. The van der Waals surface area contributed by atoms with Gasteiger partial charge in [-0.25, -0.2) is 13.2 Å². The third-order valence-electron chi connectivity index (χ3n) is 5.75. The quantitative estimate of drug-likeness (QED) is 0.523. The molecule has 1 fully saturated rings. The Kier molecular flexibility index (Phi) is 5.56. The molecule has 4 nitrogen and oxygen atoms in total. The van der Waals surface area contributed by atoms with Crippen molar-refractivity contribution >= 4 is 16.8 Å². The van der Waals surface area contributed by atoms with Crippen LogP contribution in [0, 0.1) is 23.4 Å². The zero-order valence-corrected chi connectivity index (χ0v) is 17.4. The Bertz CT molecular complexity index is 1110. The summed E-state index contributed by atoms with van der Waals surface area (Å²) in [5.74, 6) is -1.66. The maximum absolute atomic E-state index is 14.4. The van der Waals surface area contributed by atoms with E-state index in [0.717, 1.165) is 24.5 Å². The second kappa shape index (κ2) is 8.04. The molecule has 0 atom stereocenters. The second-order valence-electron chi connectivity index (χ2n) is 9.09. The van der Waals surface area contributed by atoms with Crippen molar-refractivity contribution in [3.63, 3.8) is 0 Å². The molecule has 0 bridgehead atoms. The van der Waals surface area contributed by atoms with Crippen LogP contribution in [0.15, 0.2) is 36.4 Å². The van der Waals surface area contributed by atoms with Crippen LogP contribution in [-0.2, 0) is 11.2 Å². The zero-order chi connectivity index (χ0) is 22.3. The maximum Gasteiger partial charge on any atom is 0.223 e. The Morgan fingerprint density at radius 1 is 1.13 bits per heavy atom. The van der Waals surface area contributed by atoms with Gasteiger partial charge in [0, 0.05) is 23.2 Å². The second-order valence-corrected chi connectivity index (χ2v) is 9.09. The first-order chi connectivity index (χ1) is 14.6. The van der Waals surface area contributed by atoms with Crippen molar-refractivity contribution in [1.82, 2.24) is 10.3 Å². The number of aromatic amines is 1. The van der Waals surface area contributed by atoms with E-state index in [1.165, 1.54) is 18.2 Å². The standard InChI is InChI=1S/C24H25F3N2O2/c1-24(2,31)12-21(30)28-17-7-13(8-17)9-18-19-10-16(26)11-20(27)23(19)29-22(18)14-3-5-15(25)6-4-14/h3-6,10-11,13,17,29,31H,7-9,12H2,1-2H3,(H,28,30). The van der Waals surface area contributed by atoms with Gasteiger partial charge in [0.15, 0.2) is 0 Å². The van der Waals surface area contributed by atoms with Crippen LogP contribution in [0.1, 0.15) is 38.7 Å². The first-order valence-electron chi connectivity index (χ1n) is 10.4. The predicted octanol–water partition coefficient (Wildman–Crippen LogP) is 4.85. The van der Waals surface area contributed by atoms with Gasteiger partial charge in [-0.15, -0.1) is 0 Å². The van der Waals surface area contributed by atoms with Crippen molar-refractivity contribution in [3.05, 3.63) is 59.4 Å². The number of fused-ring (bicyclic) bond motifs is 1. The molecule has 0 aliphatic heterocycles.